The third kappa shape index (κ3) is 4.34. The molecular formula is C24H24FN5O3. The number of carbonyl (C=O) groups excluding carboxylic acids is 3. The maximum atomic E-state index is 13.8. The van der Waals surface area contributed by atoms with E-state index in [9.17, 15) is 18.8 Å². The average Bonchev–Trinajstić information content (AvgIpc) is 3.25. The van der Waals surface area contributed by atoms with Gasteiger partial charge in [-0.05, 0) is 18.6 Å². The Labute approximate surface area is 190 Å². The van der Waals surface area contributed by atoms with Gasteiger partial charge in [0.15, 0.2) is 5.69 Å². The minimum Gasteiger partial charge on any atom is -0.350 e. The predicted octanol–water partition coefficient (Wildman–Crippen LogP) is 2.11. The Kier molecular flexibility index (Phi) is 5.95. The maximum absolute atomic E-state index is 13.8. The number of fused-ring (bicyclic) bond motifs is 1. The van der Waals surface area contributed by atoms with Gasteiger partial charge in [0.2, 0.25) is 5.91 Å². The van der Waals surface area contributed by atoms with Crippen molar-refractivity contribution in [3.63, 3.8) is 0 Å². The highest BCUT2D eigenvalue weighted by molar-refractivity contribution is 6.01. The second-order valence-electron chi connectivity index (χ2n) is 8.15. The summed E-state index contributed by atoms with van der Waals surface area (Å²) in [5.74, 6) is -1.70. The molecule has 1 aliphatic heterocycles. The molecule has 0 bridgehead atoms. The van der Waals surface area contributed by atoms with E-state index < -0.39 is 23.2 Å². The van der Waals surface area contributed by atoms with Crippen molar-refractivity contribution in [2.75, 3.05) is 7.05 Å². The van der Waals surface area contributed by atoms with E-state index in [2.05, 4.69) is 15.7 Å². The molecule has 2 aromatic carbocycles. The third-order valence-electron chi connectivity index (χ3n) is 5.92. The van der Waals surface area contributed by atoms with Gasteiger partial charge in [-0.3, -0.25) is 19.1 Å². The van der Waals surface area contributed by atoms with E-state index in [1.54, 1.807) is 32.2 Å². The molecule has 3 aromatic rings. The van der Waals surface area contributed by atoms with Gasteiger partial charge < -0.3 is 15.5 Å². The molecule has 0 aliphatic carbocycles. The summed E-state index contributed by atoms with van der Waals surface area (Å²) in [6, 6.07) is 17.0. The van der Waals surface area contributed by atoms with Crippen LogP contribution in [0.4, 0.5) is 4.39 Å². The van der Waals surface area contributed by atoms with Crippen LogP contribution in [0.5, 0.6) is 0 Å². The van der Waals surface area contributed by atoms with E-state index in [1.165, 1.54) is 21.7 Å². The lowest BCUT2D eigenvalue weighted by atomic mass is 9.96. The first-order valence-corrected chi connectivity index (χ1v) is 10.5. The Morgan fingerprint density at radius 3 is 2.48 bits per heavy atom. The van der Waals surface area contributed by atoms with Crippen molar-refractivity contribution in [2.24, 2.45) is 0 Å². The summed E-state index contributed by atoms with van der Waals surface area (Å²) in [5, 5.41) is 9.74. The summed E-state index contributed by atoms with van der Waals surface area (Å²) in [4.78, 5) is 39.9. The largest absolute Gasteiger partial charge is 0.350 e. The highest BCUT2D eigenvalue weighted by atomic mass is 19.1. The van der Waals surface area contributed by atoms with E-state index in [4.69, 9.17) is 0 Å². The van der Waals surface area contributed by atoms with E-state index in [1.807, 2.05) is 30.3 Å². The number of nitrogens with one attached hydrogen (secondary N) is 2. The van der Waals surface area contributed by atoms with Crippen LogP contribution in [0.2, 0.25) is 0 Å². The van der Waals surface area contributed by atoms with Crippen LogP contribution in [0, 0.1) is 5.82 Å². The van der Waals surface area contributed by atoms with Gasteiger partial charge in [0, 0.05) is 31.8 Å². The number of hydrogen-bond donors (Lipinski definition) is 2. The number of benzene rings is 2. The lowest BCUT2D eigenvalue weighted by Crippen LogP contribution is -2.62. The van der Waals surface area contributed by atoms with Crippen molar-refractivity contribution in [3.8, 4) is 0 Å². The molecule has 170 valence electrons. The van der Waals surface area contributed by atoms with Crippen LogP contribution in [0.25, 0.3) is 0 Å². The van der Waals surface area contributed by atoms with Crippen LogP contribution in [0.3, 0.4) is 0 Å². The SMILES string of the molecule is CN1C(=O)c2cc(C(=O)NCc3ccccc3F)nn2C[C@]1(C)C(=O)NCc1ccccc1. The molecule has 0 unspecified atom stereocenters. The van der Waals surface area contributed by atoms with Crippen LogP contribution in [-0.4, -0.2) is 45.0 Å². The van der Waals surface area contributed by atoms with Crippen molar-refractivity contribution in [3.05, 3.63) is 89.0 Å². The number of amides is 3. The molecule has 0 saturated heterocycles. The van der Waals surface area contributed by atoms with Crippen molar-refractivity contribution < 1.29 is 18.8 Å². The number of rotatable bonds is 6. The van der Waals surface area contributed by atoms with Gasteiger partial charge in [0.05, 0.1) is 6.54 Å². The second kappa shape index (κ2) is 8.85. The molecule has 0 spiro atoms. The zero-order chi connectivity index (χ0) is 23.6. The van der Waals surface area contributed by atoms with Crippen LogP contribution >= 0.6 is 0 Å². The van der Waals surface area contributed by atoms with Gasteiger partial charge in [-0.15, -0.1) is 0 Å². The second-order valence-corrected chi connectivity index (χ2v) is 8.15. The lowest BCUT2D eigenvalue weighted by Gasteiger charge is -2.40. The van der Waals surface area contributed by atoms with Crippen molar-refractivity contribution in [1.82, 2.24) is 25.3 Å². The molecule has 0 fully saturated rings. The van der Waals surface area contributed by atoms with Crippen LogP contribution in [0.15, 0.2) is 60.7 Å². The van der Waals surface area contributed by atoms with Crippen LogP contribution in [0.1, 0.15) is 39.0 Å². The molecule has 9 heteroatoms. The smallest absolute Gasteiger partial charge is 0.272 e. The molecule has 1 aliphatic rings. The van der Waals surface area contributed by atoms with Gasteiger partial charge in [-0.25, -0.2) is 4.39 Å². The van der Waals surface area contributed by atoms with Crippen LogP contribution < -0.4 is 10.6 Å². The normalized spacial score (nSPS) is 17.4. The van der Waals surface area contributed by atoms with E-state index in [0.717, 1.165) is 5.56 Å². The number of nitrogens with zero attached hydrogens (tertiary/aromatic N) is 3. The van der Waals surface area contributed by atoms with Gasteiger partial charge in [-0.1, -0.05) is 48.5 Å². The molecule has 1 atom stereocenters. The number of halogens is 1. The molecule has 4 rings (SSSR count). The van der Waals surface area contributed by atoms with Crippen LogP contribution in [-0.2, 0) is 24.4 Å². The molecule has 33 heavy (non-hydrogen) atoms. The average molecular weight is 449 g/mol. The molecule has 0 radical (unpaired) electrons. The highest BCUT2D eigenvalue weighted by Crippen LogP contribution is 2.26. The summed E-state index contributed by atoms with van der Waals surface area (Å²) in [6.45, 7) is 2.06. The molecule has 2 N–H and O–H groups in total. The van der Waals surface area contributed by atoms with Gasteiger partial charge in [0.25, 0.3) is 11.8 Å². The Hall–Kier alpha value is -4.01. The minimum absolute atomic E-state index is 0.0127. The van der Waals surface area contributed by atoms with Gasteiger partial charge >= 0.3 is 0 Å². The minimum atomic E-state index is -1.19. The number of hydrogen-bond acceptors (Lipinski definition) is 4. The molecule has 0 saturated carbocycles. The van der Waals surface area contributed by atoms with E-state index in [-0.39, 0.29) is 30.4 Å². The monoisotopic (exact) mass is 449 g/mol. The highest BCUT2D eigenvalue weighted by Gasteiger charge is 2.46. The zero-order valence-corrected chi connectivity index (χ0v) is 18.3. The predicted molar refractivity (Wildman–Crippen MR) is 119 cm³/mol. The molecule has 3 amide bonds. The summed E-state index contributed by atoms with van der Waals surface area (Å²) >= 11 is 0. The maximum Gasteiger partial charge on any atom is 0.272 e. The lowest BCUT2D eigenvalue weighted by molar-refractivity contribution is -0.132. The molecule has 1 aromatic heterocycles. The molecule has 2 heterocycles. The van der Waals surface area contributed by atoms with Crippen molar-refractivity contribution in [1.29, 1.82) is 0 Å². The Bertz CT molecular complexity index is 1210. The Morgan fingerprint density at radius 2 is 1.76 bits per heavy atom. The molecule has 8 nitrogen and oxygen atoms in total. The first-order valence-electron chi connectivity index (χ1n) is 10.5. The Morgan fingerprint density at radius 1 is 1.06 bits per heavy atom. The quantitative estimate of drug-likeness (QED) is 0.603. The first kappa shape index (κ1) is 22.2. The van der Waals surface area contributed by atoms with Crippen molar-refractivity contribution >= 4 is 17.7 Å². The third-order valence-corrected chi connectivity index (χ3v) is 5.92. The van der Waals surface area contributed by atoms with Gasteiger partial charge in [0.1, 0.15) is 17.1 Å². The Balaban J connectivity index is 1.48. The van der Waals surface area contributed by atoms with Crippen molar-refractivity contribution in [2.45, 2.75) is 32.1 Å². The van der Waals surface area contributed by atoms with E-state index >= 15 is 0 Å². The van der Waals surface area contributed by atoms with E-state index in [0.29, 0.717) is 12.1 Å². The number of likely N-dealkylation sites (N-methyl/N-ethyl adjacent to an activating group) is 1. The number of carbonyl (C=O) groups is 3. The van der Waals surface area contributed by atoms with Gasteiger partial charge in [-0.2, -0.15) is 5.10 Å². The summed E-state index contributed by atoms with van der Waals surface area (Å²) in [5.41, 5.74) is 0.325. The summed E-state index contributed by atoms with van der Waals surface area (Å²) < 4.78 is 15.2. The topological polar surface area (TPSA) is 96.3 Å². The number of aromatic nitrogens is 2. The molecular weight excluding hydrogens is 425 g/mol. The fourth-order valence-corrected chi connectivity index (χ4v) is 3.71. The summed E-state index contributed by atoms with van der Waals surface area (Å²) in [7, 11) is 1.55. The fraction of sp³-hybridized carbons (Fsp3) is 0.250. The standard InChI is InChI=1S/C24H24FN5O3/c1-24(23(33)27-13-16-8-4-3-5-9-16)15-30-20(22(32)29(24)2)12-19(28-30)21(31)26-14-17-10-6-7-11-18(17)25/h3-12H,13-15H2,1-2H3,(H,26,31)(H,27,33)/t24-/m1/s1. The zero-order valence-electron chi connectivity index (χ0n) is 18.3. The first-order chi connectivity index (χ1) is 15.8. The summed E-state index contributed by atoms with van der Waals surface area (Å²) in [6.07, 6.45) is 0. The fourth-order valence-electron chi connectivity index (χ4n) is 3.71.